The fourth-order valence-corrected chi connectivity index (χ4v) is 1.87. The van der Waals surface area contributed by atoms with Gasteiger partial charge in [0.1, 0.15) is 11.5 Å². The minimum Gasteiger partial charge on any atom is -0.465 e. The molecule has 0 aromatic carbocycles. The van der Waals surface area contributed by atoms with Gasteiger partial charge in [0.05, 0.1) is 5.56 Å². The van der Waals surface area contributed by atoms with E-state index in [1.165, 1.54) is 0 Å². The minimum atomic E-state index is 0.167. The van der Waals surface area contributed by atoms with E-state index in [1.807, 2.05) is 13.0 Å². The molecule has 0 saturated carbocycles. The number of carbonyl (C=O) groups excluding carboxylic acids is 1. The summed E-state index contributed by atoms with van der Waals surface area (Å²) in [5, 5.41) is 0. The van der Waals surface area contributed by atoms with E-state index >= 15 is 0 Å². The quantitative estimate of drug-likeness (QED) is 0.684. The van der Waals surface area contributed by atoms with E-state index in [0.29, 0.717) is 5.92 Å². The molecule has 14 heavy (non-hydrogen) atoms. The highest BCUT2D eigenvalue weighted by molar-refractivity contribution is 5.99. The van der Waals surface area contributed by atoms with Crippen molar-refractivity contribution in [2.45, 2.75) is 39.5 Å². The maximum Gasteiger partial charge on any atom is 0.169 e. The highest BCUT2D eigenvalue weighted by Crippen LogP contribution is 2.30. The molecule has 0 spiro atoms. The van der Waals surface area contributed by atoms with Gasteiger partial charge in [-0.05, 0) is 12.5 Å². The molecular formula is C12H16O2. The number of ketones is 1. The Labute approximate surface area is 84.3 Å². The molecule has 0 bridgehead atoms. The predicted molar refractivity (Wildman–Crippen MR) is 54.6 cm³/mol. The summed E-state index contributed by atoms with van der Waals surface area (Å²) < 4.78 is 5.67. The first kappa shape index (κ1) is 9.50. The van der Waals surface area contributed by atoms with E-state index in [1.54, 1.807) is 0 Å². The topological polar surface area (TPSA) is 30.2 Å². The van der Waals surface area contributed by atoms with Gasteiger partial charge in [-0.25, -0.2) is 0 Å². The van der Waals surface area contributed by atoms with Crippen LogP contribution in [0, 0.1) is 5.92 Å². The monoisotopic (exact) mass is 192 g/mol. The number of rotatable bonds is 1. The lowest BCUT2D eigenvalue weighted by molar-refractivity contribution is 0.0909. The Bertz CT molecular complexity index is 360. The third-order valence-electron chi connectivity index (χ3n) is 2.91. The molecule has 0 saturated heterocycles. The molecule has 1 aromatic heterocycles. The van der Waals surface area contributed by atoms with Crippen molar-refractivity contribution in [1.29, 1.82) is 0 Å². The number of carbonyl (C=O) groups is 1. The summed E-state index contributed by atoms with van der Waals surface area (Å²) in [4.78, 5) is 11.8. The van der Waals surface area contributed by atoms with Crippen molar-refractivity contribution < 1.29 is 9.21 Å². The van der Waals surface area contributed by atoms with Gasteiger partial charge in [0.15, 0.2) is 5.78 Å². The van der Waals surface area contributed by atoms with Crippen LogP contribution in [0.2, 0.25) is 0 Å². The van der Waals surface area contributed by atoms with Crippen LogP contribution in [0.4, 0.5) is 0 Å². The van der Waals surface area contributed by atoms with Crippen molar-refractivity contribution in [3.05, 3.63) is 23.2 Å². The second kappa shape index (κ2) is 3.26. The fraction of sp³-hybridized carbons (Fsp3) is 0.583. The summed E-state index contributed by atoms with van der Waals surface area (Å²) in [6.45, 7) is 6.16. The van der Waals surface area contributed by atoms with Gasteiger partial charge >= 0.3 is 0 Å². The second-order valence-corrected chi connectivity index (χ2v) is 4.44. The normalized spacial score (nSPS) is 21.4. The van der Waals surface area contributed by atoms with Crippen LogP contribution < -0.4 is 0 Å². The highest BCUT2D eigenvalue weighted by atomic mass is 16.3. The predicted octanol–water partition coefficient (Wildman–Crippen LogP) is 3.17. The molecular weight excluding hydrogens is 176 g/mol. The van der Waals surface area contributed by atoms with Gasteiger partial charge in [0, 0.05) is 18.3 Å². The van der Waals surface area contributed by atoms with E-state index in [0.717, 1.165) is 29.9 Å². The molecule has 1 aromatic rings. The Balaban J connectivity index is 2.41. The standard InChI is InChI=1S/C12H16O2/c1-7(2)11-6-9-10(14-11)5-4-8(3)12(9)13/h6-8H,4-5H2,1-3H3. The lowest BCUT2D eigenvalue weighted by Crippen LogP contribution is -2.18. The van der Waals surface area contributed by atoms with Gasteiger partial charge in [-0.15, -0.1) is 0 Å². The number of aryl methyl sites for hydroxylation is 1. The van der Waals surface area contributed by atoms with Crippen LogP contribution in [0.3, 0.4) is 0 Å². The average molecular weight is 192 g/mol. The van der Waals surface area contributed by atoms with Crippen molar-refractivity contribution in [2.75, 3.05) is 0 Å². The Kier molecular flexibility index (Phi) is 2.22. The van der Waals surface area contributed by atoms with Crippen LogP contribution >= 0.6 is 0 Å². The van der Waals surface area contributed by atoms with Crippen LogP contribution in [-0.2, 0) is 6.42 Å². The maximum atomic E-state index is 11.8. The third-order valence-corrected chi connectivity index (χ3v) is 2.91. The summed E-state index contributed by atoms with van der Waals surface area (Å²) >= 11 is 0. The van der Waals surface area contributed by atoms with Crippen molar-refractivity contribution in [1.82, 2.24) is 0 Å². The van der Waals surface area contributed by atoms with Crippen LogP contribution in [0.5, 0.6) is 0 Å². The summed E-state index contributed by atoms with van der Waals surface area (Å²) in [5.74, 6) is 2.62. The molecule has 0 N–H and O–H groups in total. The molecule has 1 heterocycles. The molecule has 0 radical (unpaired) electrons. The summed E-state index contributed by atoms with van der Waals surface area (Å²) in [7, 11) is 0. The van der Waals surface area contributed by atoms with Gasteiger partial charge in [-0.2, -0.15) is 0 Å². The van der Waals surface area contributed by atoms with Gasteiger partial charge in [-0.1, -0.05) is 20.8 Å². The fourth-order valence-electron chi connectivity index (χ4n) is 1.87. The lowest BCUT2D eigenvalue weighted by Gasteiger charge is -2.14. The van der Waals surface area contributed by atoms with Crippen molar-refractivity contribution in [2.24, 2.45) is 5.92 Å². The Morgan fingerprint density at radius 2 is 2.21 bits per heavy atom. The Morgan fingerprint density at radius 1 is 1.50 bits per heavy atom. The van der Waals surface area contributed by atoms with Crippen LogP contribution in [-0.4, -0.2) is 5.78 Å². The summed E-state index contributed by atoms with van der Waals surface area (Å²) in [5.41, 5.74) is 0.826. The number of hydrogen-bond donors (Lipinski definition) is 0. The van der Waals surface area contributed by atoms with Crippen LogP contribution in [0.1, 0.15) is 55.0 Å². The third kappa shape index (κ3) is 1.39. The Hall–Kier alpha value is -1.05. The maximum absolute atomic E-state index is 11.8. The number of Topliss-reactive ketones (excluding diaryl/α,β-unsaturated/α-hetero) is 1. The molecule has 76 valence electrons. The van der Waals surface area contributed by atoms with Gasteiger partial charge in [0.2, 0.25) is 0 Å². The molecule has 2 heteroatoms. The van der Waals surface area contributed by atoms with Gasteiger partial charge < -0.3 is 4.42 Å². The first-order valence-electron chi connectivity index (χ1n) is 5.26. The van der Waals surface area contributed by atoms with Crippen molar-refractivity contribution in [3.8, 4) is 0 Å². The molecule has 0 aliphatic heterocycles. The van der Waals surface area contributed by atoms with E-state index in [-0.39, 0.29) is 11.7 Å². The van der Waals surface area contributed by atoms with Gasteiger partial charge in [-0.3, -0.25) is 4.79 Å². The van der Waals surface area contributed by atoms with E-state index < -0.39 is 0 Å². The smallest absolute Gasteiger partial charge is 0.169 e. The number of fused-ring (bicyclic) bond motifs is 1. The molecule has 0 amide bonds. The summed E-state index contributed by atoms with van der Waals surface area (Å²) in [6, 6.07) is 1.93. The zero-order valence-electron chi connectivity index (χ0n) is 8.96. The molecule has 2 nitrogen and oxygen atoms in total. The van der Waals surface area contributed by atoms with E-state index in [2.05, 4.69) is 13.8 Å². The van der Waals surface area contributed by atoms with Crippen molar-refractivity contribution in [3.63, 3.8) is 0 Å². The zero-order valence-corrected chi connectivity index (χ0v) is 8.96. The first-order valence-corrected chi connectivity index (χ1v) is 5.26. The SMILES string of the molecule is CC1CCc2oc(C(C)C)cc2C1=O. The van der Waals surface area contributed by atoms with Gasteiger partial charge in [0.25, 0.3) is 0 Å². The summed E-state index contributed by atoms with van der Waals surface area (Å²) in [6.07, 6.45) is 1.84. The van der Waals surface area contributed by atoms with Crippen LogP contribution in [0.25, 0.3) is 0 Å². The van der Waals surface area contributed by atoms with E-state index in [9.17, 15) is 4.79 Å². The van der Waals surface area contributed by atoms with Crippen molar-refractivity contribution >= 4 is 5.78 Å². The molecule has 1 aliphatic rings. The second-order valence-electron chi connectivity index (χ2n) is 4.44. The first-order chi connectivity index (χ1) is 6.59. The molecule has 1 atom stereocenters. The molecule has 1 unspecified atom stereocenters. The Morgan fingerprint density at radius 3 is 2.86 bits per heavy atom. The minimum absolute atomic E-state index is 0.167. The number of hydrogen-bond acceptors (Lipinski definition) is 2. The molecule has 2 rings (SSSR count). The highest BCUT2D eigenvalue weighted by Gasteiger charge is 2.27. The number of furan rings is 1. The molecule has 1 aliphatic carbocycles. The average Bonchev–Trinajstić information content (AvgIpc) is 2.56. The zero-order chi connectivity index (χ0) is 10.3. The lowest BCUT2D eigenvalue weighted by atomic mass is 9.88. The molecule has 0 fully saturated rings. The largest absolute Gasteiger partial charge is 0.465 e. The van der Waals surface area contributed by atoms with E-state index in [4.69, 9.17) is 4.42 Å². The van der Waals surface area contributed by atoms with Crippen LogP contribution in [0.15, 0.2) is 10.5 Å².